The Hall–Kier alpha value is -0.870. The van der Waals surface area contributed by atoms with E-state index in [2.05, 4.69) is 34.3 Å². The lowest BCUT2D eigenvalue weighted by molar-refractivity contribution is 0.674. The zero-order valence-corrected chi connectivity index (χ0v) is 13.0. The van der Waals surface area contributed by atoms with E-state index in [0.29, 0.717) is 0 Å². The molecule has 2 rings (SSSR count). The summed E-state index contributed by atoms with van der Waals surface area (Å²) in [6.45, 7) is 3.69. The van der Waals surface area contributed by atoms with Gasteiger partial charge < -0.3 is 5.32 Å². The molecule has 106 valence electrons. The number of aryl methyl sites for hydroxylation is 1. The van der Waals surface area contributed by atoms with E-state index in [4.69, 9.17) is 0 Å². The van der Waals surface area contributed by atoms with E-state index in [9.17, 15) is 0 Å². The minimum absolute atomic E-state index is 0. The molecular weight excluding hydrogens is 305 g/mol. The lowest BCUT2D eigenvalue weighted by atomic mass is 10.2. The molecule has 0 aliphatic carbocycles. The Labute approximate surface area is 132 Å². The van der Waals surface area contributed by atoms with Gasteiger partial charge in [0.15, 0.2) is 0 Å². The molecule has 0 aliphatic rings. The Kier molecular flexibility index (Phi) is 11.8. The summed E-state index contributed by atoms with van der Waals surface area (Å²) < 4.78 is 0. The minimum Gasteiger partial charge on any atom is -0.307 e. The number of halogens is 3. The summed E-state index contributed by atoms with van der Waals surface area (Å²) >= 11 is 0. The fourth-order valence-electron chi connectivity index (χ4n) is 1.53. The molecule has 0 amide bonds. The second-order valence-electron chi connectivity index (χ2n) is 3.73. The lowest BCUT2D eigenvalue weighted by Crippen LogP contribution is -2.14. The third kappa shape index (κ3) is 6.73. The highest BCUT2D eigenvalue weighted by Gasteiger charge is 1.98. The summed E-state index contributed by atoms with van der Waals surface area (Å²) in [5.74, 6) is 0. The van der Waals surface area contributed by atoms with Gasteiger partial charge in [0.2, 0.25) is 0 Å². The van der Waals surface area contributed by atoms with E-state index in [-0.39, 0.29) is 37.2 Å². The van der Waals surface area contributed by atoms with Gasteiger partial charge in [-0.25, -0.2) is 0 Å². The van der Waals surface area contributed by atoms with Crippen LogP contribution in [0.2, 0.25) is 0 Å². The molecule has 0 bridgehead atoms. The summed E-state index contributed by atoms with van der Waals surface area (Å²) in [6.07, 6.45) is 5.48. The standard InChI is InChI=1S/C13H15N3.3ClH/c1-11-4-2-7-16-13(11)10-15-9-12-5-3-6-14-8-12;;;/h2-8,15H,9-10H2,1H3;3*1H. The molecule has 0 atom stereocenters. The third-order valence-electron chi connectivity index (χ3n) is 2.46. The van der Waals surface area contributed by atoms with Crippen molar-refractivity contribution in [3.8, 4) is 0 Å². The largest absolute Gasteiger partial charge is 0.307 e. The highest BCUT2D eigenvalue weighted by atomic mass is 35.5. The Morgan fingerprint density at radius 3 is 2.37 bits per heavy atom. The number of nitrogens with zero attached hydrogens (tertiary/aromatic N) is 2. The van der Waals surface area contributed by atoms with Crippen LogP contribution in [0.3, 0.4) is 0 Å². The molecule has 0 spiro atoms. The van der Waals surface area contributed by atoms with Crippen LogP contribution in [-0.2, 0) is 13.1 Å². The van der Waals surface area contributed by atoms with Crippen molar-refractivity contribution in [2.45, 2.75) is 20.0 Å². The molecule has 2 heterocycles. The molecule has 2 aromatic heterocycles. The van der Waals surface area contributed by atoms with Crippen LogP contribution in [0, 0.1) is 6.92 Å². The second-order valence-corrected chi connectivity index (χ2v) is 3.73. The highest BCUT2D eigenvalue weighted by molar-refractivity contribution is 5.86. The van der Waals surface area contributed by atoms with Gasteiger partial charge >= 0.3 is 0 Å². The van der Waals surface area contributed by atoms with E-state index in [1.807, 2.05) is 24.5 Å². The molecule has 3 nitrogen and oxygen atoms in total. The van der Waals surface area contributed by atoms with Gasteiger partial charge in [-0.3, -0.25) is 9.97 Å². The van der Waals surface area contributed by atoms with Crippen LogP contribution in [0.1, 0.15) is 16.8 Å². The summed E-state index contributed by atoms with van der Waals surface area (Å²) in [5, 5.41) is 3.36. The first-order chi connectivity index (χ1) is 7.86. The van der Waals surface area contributed by atoms with Gasteiger partial charge in [0.25, 0.3) is 0 Å². The number of pyridine rings is 2. The van der Waals surface area contributed by atoms with Crippen LogP contribution in [0.4, 0.5) is 0 Å². The fraction of sp³-hybridized carbons (Fsp3) is 0.231. The first-order valence-corrected chi connectivity index (χ1v) is 5.36. The van der Waals surface area contributed by atoms with Gasteiger partial charge in [-0.1, -0.05) is 12.1 Å². The van der Waals surface area contributed by atoms with Crippen LogP contribution in [0.15, 0.2) is 42.9 Å². The number of hydrogen-bond donors (Lipinski definition) is 1. The van der Waals surface area contributed by atoms with Crippen molar-refractivity contribution in [1.82, 2.24) is 15.3 Å². The third-order valence-corrected chi connectivity index (χ3v) is 2.46. The predicted octanol–water partition coefficient (Wildman–Crippen LogP) is 3.34. The summed E-state index contributed by atoms with van der Waals surface area (Å²) in [5.41, 5.74) is 3.52. The lowest BCUT2D eigenvalue weighted by Gasteiger charge is -2.06. The van der Waals surface area contributed by atoms with Crippen molar-refractivity contribution >= 4 is 37.2 Å². The molecule has 2 aromatic rings. The molecule has 0 aromatic carbocycles. The van der Waals surface area contributed by atoms with Crippen molar-refractivity contribution < 1.29 is 0 Å². The molecule has 0 aliphatic heterocycles. The molecule has 6 heteroatoms. The van der Waals surface area contributed by atoms with Crippen molar-refractivity contribution in [3.05, 3.63) is 59.7 Å². The maximum Gasteiger partial charge on any atom is 0.0570 e. The van der Waals surface area contributed by atoms with Crippen molar-refractivity contribution in [2.24, 2.45) is 0 Å². The van der Waals surface area contributed by atoms with Gasteiger partial charge in [0.1, 0.15) is 0 Å². The maximum absolute atomic E-state index is 4.33. The fourth-order valence-corrected chi connectivity index (χ4v) is 1.53. The predicted molar refractivity (Wildman–Crippen MR) is 85.5 cm³/mol. The van der Waals surface area contributed by atoms with Crippen LogP contribution < -0.4 is 5.32 Å². The van der Waals surface area contributed by atoms with Crippen molar-refractivity contribution in [2.75, 3.05) is 0 Å². The van der Waals surface area contributed by atoms with Crippen LogP contribution >= 0.6 is 37.2 Å². The van der Waals surface area contributed by atoms with Gasteiger partial charge in [0, 0.05) is 31.7 Å². The molecule has 19 heavy (non-hydrogen) atoms. The van der Waals surface area contributed by atoms with Gasteiger partial charge in [-0.2, -0.15) is 0 Å². The maximum atomic E-state index is 4.33. The minimum atomic E-state index is 0. The molecule has 0 saturated heterocycles. The zero-order chi connectivity index (χ0) is 11.2. The SMILES string of the molecule is Cc1cccnc1CNCc1cccnc1.Cl.Cl.Cl. The van der Waals surface area contributed by atoms with E-state index in [1.165, 1.54) is 11.1 Å². The van der Waals surface area contributed by atoms with Gasteiger partial charge in [0.05, 0.1) is 5.69 Å². The van der Waals surface area contributed by atoms with Crippen LogP contribution in [0.25, 0.3) is 0 Å². The van der Waals surface area contributed by atoms with Crippen molar-refractivity contribution in [3.63, 3.8) is 0 Å². The molecule has 0 unspecified atom stereocenters. The Balaban J connectivity index is 0. The Morgan fingerprint density at radius 1 is 1.00 bits per heavy atom. The smallest absolute Gasteiger partial charge is 0.0570 e. The van der Waals surface area contributed by atoms with Crippen LogP contribution in [-0.4, -0.2) is 9.97 Å². The zero-order valence-electron chi connectivity index (χ0n) is 10.6. The monoisotopic (exact) mass is 321 g/mol. The topological polar surface area (TPSA) is 37.8 Å². The Morgan fingerprint density at radius 2 is 1.74 bits per heavy atom. The van der Waals surface area contributed by atoms with E-state index in [0.717, 1.165) is 18.8 Å². The van der Waals surface area contributed by atoms with Gasteiger partial charge in [-0.15, -0.1) is 37.2 Å². The number of rotatable bonds is 4. The second kappa shape index (κ2) is 11.0. The van der Waals surface area contributed by atoms with Crippen molar-refractivity contribution in [1.29, 1.82) is 0 Å². The van der Waals surface area contributed by atoms with E-state index < -0.39 is 0 Å². The van der Waals surface area contributed by atoms with Crippen LogP contribution in [0.5, 0.6) is 0 Å². The van der Waals surface area contributed by atoms with Gasteiger partial charge in [-0.05, 0) is 30.2 Å². The Bertz CT molecular complexity index is 452. The average Bonchev–Trinajstić information content (AvgIpc) is 2.33. The van der Waals surface area contributed by atoms with E-state index >= 15 is 0 Å². The number of aromatic nitrogens is 2. The molecule has 1 N–H and O–H groups in total. The first-order valence-electron chi connectivity index (χ1n) is 5.36. The number of nitrogens with one attached hydrogen (secondary N) is 1. The molecule has 0 radical (unpaired) electrons. The summed E-state index contributed by atoms with van der Waals surface area (Å²) in [7, 11) is 0. The first kappa shape index (κ1) is 20.4. The molecule has 0 fully saturated rings. The highest BCUT2D eigenvalue weighted by Crippen LogP contribution is 2.03. The summed E-state index contributed by atoms with van der Waals surface area (Å²) in [4.78, 5) is 8.40. The quantitative estimate of drug-likeness (QED) is 0.938. The normalized spacial score (nSPS) is 8.68. The van der Waals surface area contributed by atoms with E-state index in [1.54, 1.807) is 6.20 Å². The molecular formula is C13H18Cl3N3. The average molecular weight is 323 g/mol. The summed E-state index contributed by atoms with van der Waals surface area (Å²) in [6, 6.07) is 8.04. The number of hydrogen-bond acceptors (Lipinski definition) is 3. The molecule has 0 saturated carbocycles.